The Hall–Kier alpha value is -0.970. The van der Waals surface area contributed by atoms with Crippen LogP contribution in [0.5, 0.6) is 0 Å². The predicted molar refractivity (Wildman–Crippen MR) is 100 cm³/mol. The Morgan fingerprint density at radius 1 is 1.09 bits per heavy atom. The van der Waals surface area contributed by atoms with Gasteiger partial charge in [0.25, 0.3) is 5.56 Å². The maximum atomic E-state index is 11.6. The van der Waals surface area contributed by atoms with Crippen molar-refractivity contribution >= 4 is 11.8 Å². The van der Waals surface area contributed by atoms with Gasteiger partial charge >= 0.3 is 5.69 Å². The SMILES string of the molecule is CC(C)CC(SCCCCCCn1c(=O)cc[nH]c1=O)C(C)C. The summed E-state index contributed by atoms with van der Waals surface area (Å²) in [4.78, 5) is 25.7. The Morgan fingerprint density at radius 2 is 1.78 bits per heavy atom. The maximum absolute atomic E-state index is 11.6. The Bertz CT molecular complexity index is 520. The fourth-order valence-corrected chi connectivity index (χ4v) is 4.20. The van der Waals surface area contributed by atoms with Gasteiger partial charge < -0.3 is 4.98 Å². The summed E-state index contributed by atoms with van der Waals surface area (Å²) in [7, 11) is 0. The van der Waals surface area contributed by atoms with Crippen molar-refractivity contribution in [3.8, 4) is 0 Å². The van der Waals surface area contributed by atoms with Crippen LogP contribution in [0.2, 0.25) is 0 Å². The van der Waals surface area contributed by atoms with Crippen LogP contribution in [-0.4, -0.2) is 20.6 Å². The molecule has 0 saturated heterocycles. The number of rotatable bonds is 11. The summed E-state index contributed by atoms with van der Waals surface area (Å²) < 4.78 is 1.28. The number of hydrogen-bond donors (Lipinski definition) is 1. The summed E-state index contributed by atoms with van der Waals surface area (Å²) in [6.07, 6.45) is 7.03. The topological polar surface area (TPSA) is 54.9 Å². The van der Waals surface area contributed by atoms with Crippen molar-refractivity contribution in [2.75, 3.05) is 5.75 Å². The van der Waals surface area contributed by atoms with E-state index in [1.54, 1.807) is 0 Å². The van der Waals surface area contributed by atoms with Crippen molar-refractivity contribution in [3.63, 3.8) is 0 Å². The largest absolute Gasteiger partial charge is 0.328 e. The van der Waals surface area contributed by atoms with E-state index in [2.05, 4.69) is 44.4 Å². The van der Waals surface area contributed by atoms with E-state index in [0.29, 0.717) is 6.54 Å². The van der Waals surface area contributed by atoms with Crippen molar-refractivity contribution in [1.29, 1.82) is 0 Å². The monoisotopic (exact) mass is 340 g/mol. The van der Waals surface area contributed by atoms with Crippen molar-refractivity contribution in [1.82, 2.24) is 9.55 Å². The van der Waals surface area contributed by atoms with Crippen LogP contribution in [0.25, 0.3) is 0 Å². The fraction of sp³-hybridized carbons (Fsp3) is 0.778. The molecule has 1 unspecified atom stereocenters. The number of hydrogen-bond acceptors (Lipinski definition) is 3. The van der Waals surface area contributed by atoms with Crippen LogP contribution in [0, 0.1) is 11.8 Å². The van der Waals surface area contributed by atoms with E-state index in [9.17, 15) is 9.59 Å². The van der Waals surface area contributed by atoms with E-state index >= 15 is 0 Å². The summed E-state index contributed by atoms with van der Waals surface area (Å²) in [5.41, 5.74) is -0.515. The quantitative estimate of drug-likeness (QED) is 0.622. The number of nitrogens with zero attached hydrogens (tertiary/aromatic N) is 1. The van der Waals surface area contributed by atoms with Crippen LogP contribution in [-0.2, 0) is 6.54 Å². The van der Waals surface area contributed by atoms with Gasteiger partial charge in [-0.05, 0) is 36.9 Å². The molecular formula is C18H32N2O2S. The maximum Gasteiger partial charge on any atom is 0.328 e. The van der Waals surface area contributed by atoms with E-state index in [4.69, 9.17) is 0 Å². The van der Waals surface area contributed by atoms with Gasteiger partial charge in [0.15, 0.2) is 0 Å². The standard InChI is InChI=1S/C18H32N2O2S/c1-14(2)13-16(15(3)4)23-12-8-6-5-7-11-20-17(21)9-10-19-18(20)22/h9-10,14-16H,5-8,11-13H2,1-4H3,(H,19,22). The first-order chi connectivity index (χ1) is 10.9. The second kappa shape index (κ2) is 10.7. The number of unbranched alkanes of at least 4 members (excludes halogenated alkanes) is 3. The van der Waals surface area contributed by atoms with Crippen LogP contribution in [0.15, 0.2) is 21.9 Å². The van der Waals surface area contributed by atoms with Crippen molar-refractivity contribution in [3.05, 3.63) is 33.1 Å². The summed E-state index contributed by atoms with van der Waals surface area (Å²) in [5, 5.41) is 0.761. The molecule has 132 valence electrons. The van der Waals surface area contributed by atoms with Crippen LogP contribution < -0.4 is 11.2 Å². The van der Waals surface area contributed by atoms with E-state index in [0.717, 1.165) is 29.9 Å². The molecule has 0 spiro atoms. The second-order valence-electron chi connectivity index (χ2n) is 6.97. The normalized spacial score (nSPS) is 13.0. The Balaban J connectivity index is 2.18. The lowest BCUT2D eigenvalue weighted by atomic mass is 10.0. The lowest BCUT2D eigenvalue weighted by Gasteiger charge is -2.22. The molecule has 1 aromatic rings. The minimum Gasteiger partial charge on any atom is -0.314 e. The molecule has 0 aromatic carbocycles. The zero-order valence-corrected chi connectivity index (χ0v) is 15.8. The molecule has 0 aliphatic heterocycles. The first-order valence-corrected chi connectivity index (χ1v) is 9.86. The van der Waals surface area contributed by atoms with Gasteiger partial charge in [0.1, 0.15) is 0 Å². The molecule has 1 rings (SSSR count). The smallest absolute Gasteiger partial charge is 0.314 e. The first kappa shape index (κ1) is 20.1. The highest BCUT2D eigenvalue weighted by Crippen LogP contribution is 2.27. The zero-order valence-electron chi connectivity index (χ0n) is 15.0. The van der Waals surface area contributed by atoms with Crippen LogP contribution >= 0.6 is 11.8 Å². The van der Waals surface area contributed by atoms with Gasteiger partial charge in [0.2, 0.25) is 0 Å². The third-order valence-corrected chi connectivity index (χ3v) is 5.69. The van der Waals surface area contributed by atoms with Crippen LogP contribution in [0.1, 0.15) is 59.8 Å². The third kappa shape index (κ3) is 7.91. The number of thioether (sulfide) groups is 1. The summed E-state index contributed by atoms with van der Waals surface area (Å²) in [5.74, 6) is 2.71. The van der Waals surface area contributed by atoms with Gasteiger partial charge in [-0.3, -0.25) is 9.36 Å². The molecule has 5 heteroatoms. The predicted octanol–water partition coefficient (Wildman–Crippen LogP) is 3.90. The van der Waals surface area contributed by atoms with Gasteiger partial charge in [-0.25, -0.2) is 4.79 Å². The molecule has 4 nitrogen and oxygen atoms in total. The zero-order chi connectivity index (χ0) is 17.2. The van der Waals surface area contributed by atoms with Crippen molar-refractivity contribution < 1.29 is 0 Å². The number of H-pyrrole nitrogens is 1. The number of aromatic nitrogens is 2. The molecule has 1 N–H and O–H groups in total. The third-order valence-electron chi connectivity index (χ3n) is 4.00. The molecule has 0 amide bonds. The average molecular weight is 341 g/mol. The highest BCUT2D eigenvalue weighted by molar-refractivity contribution is 7.99. The second-order valence-corrected chi connectivity index (χ2v) is 8.32. The minimum absolute atomic E-state index is 0.210. The summed E-state index contributed by atoms with van der Waals surface area (Å²) in [6, 6.07) is 1.40. The van der Waals surface area contributed by atoms with E-state index in [1.165, 1.54) is 41.8 Å². The molecule has 0 aliphatic rings. The Morgan fingerprint density at radius 3 is 2.39 bits per heavy atom. The first-order valence-electron chi connectivity index (χ1n) is 8.82. The van der Waals surface area contributed by atoms with Crippen molar-refractivity contribution in [2.45, 2.75) is 71.6 Å². The van der Waals surface area contributed by atoms with E-state index in [1.807, 2.05) is 0 Å². The van der Waals surface area contributed by atoms with Gasteiger partial charge in [-0.15, -0.1) is 0 Å². The molecule has 0 aliphatic carbocycles. The fourth-order valence-electron chi connectivity index (χ4n) is 2.62. The lowest BCUT2D eigenvalue weighted by molar-refractivity contribution is 0.489. The number of nitrogens with one attached hydrogen (secondary N) is 1. The Kier molecular flexibility index (Phi) is 9.37. The van der Waals surface area contributed by atoms with Gasteiger partial charge in [-0.2, -0.15) is 11.8 Å². The molecule has 0 saturated carbocycles. The lowest BCUT2D eigenvalue weighted by Crippen LogP contribution is -2.33. The molecule has 0 radical (unpaired) electrons. The molecule has 0 bridgehead atoms. The van der Waals surface area contributed by atoms with Crippen LogP contribution in [0.4, 0.5) is 0 Å². The number of aromatic amines is 1. The van der Waals surface area contributed by atoms with Gasteiger partial charge in [0, 0.05) is 24.1 Å². The van der Waals surface area contributed by atoms with Crippen LogP contribution in [0.3, 0.4) is 0 Å². The highest BCUT2D eigenvalue weighted by atomic mass is 32.2. The molecule has 1 aromatic heterocycles. The van der Waals surface area contributed by atoms with Gasteiger partial charge in [0.05, 0.1) is 0 Å². The molecular weight excluding hydrogens is 308 g/mol. The minimum atomic E-state index is -0.304. The Labute approximate surface area is 144 Å². The molecule has 0 fully saturated rings. The van der Waals surface area contributed by atoms with Crippen molar-refractivity contribution in [2.24, 2.45) is 11.8 Å². The average Bonchev–Trinajstić information content (AvgIpc) is 2.47. The van der Waals surface area contributed by atoms with Gasteiger partial charge in [-0.1, -0.05) is 40.5 Å². The highest BCUT2D eigenvalue weighted by Gasteiger charge is 2.14. The summed E-state index contributed by atoms with van der Waals surface area (Å²) in [6.45, 7) is 9.74. The molecule has 23 heavy (non-hydrogen) atoms. The molecule has 1 heterocycles. The van der Waals surface area contributed by atoms with E-state index in [-0.39, 0.29) is 11.2 Å². The summed E-state index contributed by atoms with van der Waals surface area (Å²) >= 11 is 2.11. The van der Waals surface area contributed by atoms with E-state index < -0.39 is 0 Å². The molecule has 1 atom stereocenters.